The van der Waals surface area contributed by atoms with Crippen LogP contribution in [0.3, 0.4) is 0 Å². The van der Waals surface area contributed by atoms with Crippen molar-refractivity contribution in [3.8, 4) is 0 Å². The summed E-state index contributed by atoms with van der Waals surface area (Å²) in [5, 5.41) is 12.0. The number of urea groups is 1. The van der Waals surface area contributed by atoms with E-state index in [4.69, 9.17) is 5.11 Å². The zero-order valence-electron chi connectivity index (χ0n) is 12.5. The van der Waals surface area contributed by atoms with Gasteiger partial charge in [0.2, 0.25) is 0 Å². The fraction of sp³-hybridized carbons (Fsp3) is 0.800. The zero-order valence-corrected chi connectivity index (χ0v) is 12.5. The Morgan fingerprint density at radius 3 is 2.74 bits per heavy atom. The molecule has 0 saturated carbocycles. The van der Waals surface area contributed by atoms with Crippen molar-refractivity contribution in [1.82, 2.24) is 10.2 Å². The van der Waals surface area contributed by atoms with Crippen LogP contribution in [-0.4, -0.2) is 41.8 Å². The molecule has 1 aliphatic rings. The van der Waals surface area contributed by atoms with Crippen LogP contribution in [0.2, 0.25) is 0 Å². The molecule has 2 amide bonds. The maximum absolute atomic E-state index is 12.3. The zero-order chi connectivity index (χ0) is 14.3. The van der Waals surface area contributed by atoms with Gasteiger partial charge in [0.25, 0.3) is 0 Å². The summed E-state index contributed by atoms with van der Waals surface area (Å²) in [7, 11) is 0. The van der Waals surface area contributed by atoms with Gasteiger partial charge in [0.05, 0.1) is 0 Å². The summed E-state index contributed by atoms with van der Waals surface area (Å²) in [6, 6.07) is 0.151. The molecule has 0 fully saturated rings. The lowest BCUT2D eigenvalue weighted by Gasteiger charge is -2.31. The Balaban J connectivity index is 2.54. The van der Waals surface area contributed by atoms with E-state index in [2.05, 4.69) is 38.2 Å². The highest BCUT2D eigenvalue weighted by Gasteiger charge is 2.22. The highest BCUT2D eigenvalue weighted by Crippen LogP contribution is 2.16. The van der Waals surface area contributed by atoms with E-state index in [1.165, 1.54) is 0 Å². The van der Waals surface area contributed by atoms with Gasteiger partial charge >= 0.3 is 6.03 Å². The first-order valence-electron chi connectivity index (χ1n) is 7.25. The van der Waals surface area contributed by atoms with Crippen LogP contribution >= 0.6 is 0 Å². The Hall–Kier alpha value is -1.03. The van der Waals surface area contributed by atoms with Gasteiger partial charge in [-0.25, -0.2) is 4.79 Å². The van der Waals surface area contributed by atoms with E-state index in [0.29, 0.717) is 19.5 Å². The second-order valence-electron chi connectivity index (χ2n) is 6.47. The number of amides is 2. The van der Waals surface area contributed by atoms with E-state index in [9.17, 15) is 4.79 Å². The summed E-state index contributed by atoms with van der Waals surface area (Å²) >= 11 is 0. The quantitative estimate of drug-likeness (QED) is 0.753. The summed E-state index contributed by atoms with van der Waals surface area (Å²) in [5.74, 6) is 0. The molecule has 2 N–H and O–H groups in total. The lowest BCUT2D eigenvalue weighted by molar-refractivity contribution is 0.162. The van der Waals surface area contributed by atoms with E-state index >= 15 is 0 Å². The second-order valence-corrected chi connectivity index (χ2v) is 6.47. The number of aliphatic hydroxyl groups is 1. The summed E-state index contributed by atoms with van der Waals surface area (Å²) in [6.45, 7) is 7.79. The lowest BCUT2D eigenvalue weighted by atomic mass is 9.96. The van der Waals surface area contributed by atoms with Crippen molar-refractivity contribution >= 4 is 6.03 Å². The van der Waals surface area contributed by atoms with E-state index < -0.39 is 0 Å². The van der Waals surface area contributed by atoms with Crippen LogP contribution in [0.15, 0.2) is 12.2 Å². The molecule has 0 heterocycles. The third-order valence-corrected chi connectivity index (χ3v) is 3.10. The Morgan fingerprint density at radius 2 is 2.21 bits per heavy atom. The molecule has 0 spiro atoms. The minimum Gasteiger partial charge on any atom is -0.396 e. The molecule has 0 aromatic rings. The normalized spacial score (nSPS) is 19.3. The predicted molar refractivity (Wildman–Crippen MR) is 78.0 cm³/mol. The first kappa shape index (κ1) is 16.0. The van der Waals surface area contributed by atoms with Crippen LogP contribution in [0.4, 0.5) is 4.79 Å². The predicted octanol–water partition coefficient (Wildman–Crippen LogP) is 2.54. The molecule has 19 heavy (non-hydrogen) atoms. The van der Waals surface area contributed by atoms with E-state index in [1.807, 2.05) is 4.90 Å². The smallest absolute Gasteiger partial charge is 0.317 e. The number of nitrogens with zero attached hydrogens (tertiary/aromatic N) is 1. The second kappa shape index (κ2) is 7.53. The number of hydrogen-bond acceptors (Lipinski definition) is 2. The average Bonchev–Trinajstić information content (AvgIpc) is 2.34. The van der Waals surface area contributed by atoms with Gasteiger partial charge in [0.15, 0.2) is 0 Å². The minimum atomic E-state index is -0.0140. The lowest BCUT2D eigenvalue weighted by Crippen LogP contribution is -2.47. The first-order chi connectivity index (χ1) is 8.92. The maximum Gasteiger partial charge on any atom is 0.317 e. The number of nitrogens with one attached hydrogen (secondary N) is 1. The molecule has 0 bridgehead atoms. The van der Waals surface area contributed by atoms with Gasteiger partial charge in [0, 0.05) is 25.7 Å². The van der Waals surface area contributed by atoms with Crippen molar-refractivity contribution in [2.45, 2.75) is 52.5 Å². The molecule has 0 unspecified atom stereocenters. The number of carbonyl (C=O) groups is 1. The number of rotatable bonds is 5. The fourth-order valence-electron chi connectivity index (χ4n) is 2.27. The van der Waals surface area contributed by atoms with Gasteiger partial charge in [-0.2, -0.15) is 0 Å². The summed E-state index contributed by atoms with van der Waals surface area (Å²) < 4.78 is 0. The highest BCUT2D eigenvalue weighted by atomic mass is 16.3. The van der Waals surface area contributed by atoms with Crippen molar-refractivity contribution in [2.24, 2.45) is 5.41 Å². The Morgan fingerprint density at radius 1 is 1.47 bits per heavy atom. The topological polar surface area (TPSA) is 52.6 Å². The fourth-order valence-corrected chi connectivity index (χ4v) is 2.27. The molecule has 0 aromatic carbocycles. The van der Waals surface area contributed by atoms with Gasteiger partial charge in [-0.1, -0.05) is 32.9 Å². The van der Waals surface area contributed by atoms with Crippen molar-refractivity contribution in [3.05, 3.63) is 12.2 Å². The van der Waals surface area contributed by atoms with Crippen LogP contribution in [0.1, 0.15) is 46.5 Å². The number of allylic oxidation sites excluding steroid dienone is 1. The molecule has 1 aliphatic carbocycles. The maximum atomic E-state index is 12.3. The molecule has 1 rings (SSSR count). The van der Waals surface area contributed by atoms with Crippen molar-refractivity contribution < 1.29 is 9.90 Å². The third-order valence-electron chi connectivity index (χ3n) is 3.10. The largest absolute Gasteiger partial charge is 0.396 e. The SMILES string of the molecule is CC(C)(C)CN(CCCO)C(=O)N[C@H]1C=CCCC1. The van der Waals surface area contributed by atoms with Crippen LogP contribution in [-0.2, 0) is 0 Å². The number of aliphatic hydroxyl groups excluding tert-OH is 1. The Labute approximate surface area is 116 Å². The van der Waals surface area contributed by atoms with Crippen molar-refractivity contribution in [3.63, 3.8) is 0 Å². The van der Waals surface area contributed by atoms with Crippen molar-refractivity contribution in [2.75, 3.05) is 19.7 Å². The molecule has 0 aromatic heterocycles. The van der Waals surface area contributed by atoms with Gasteiger partial charge < -0.3 is 15.3 Å². The molecule has 4 nitrogen and oxygen atoms in total. The summed E-state index contributed by atoms with van der Waals surface area (Å²) in [5.41, 5.74) is 0.0647. The monoisotopic (exact) mass is 268 g/mol. The van der Waals surface area contributed by atoms with Crippen molar-refractivity contribution in [1.29, 1.82) is 0 Å². The molecule has 4 heteroatoms. The Bertz CT molecular complexity index is 308. The van der Waals surface area contributed by atoms with Crippen LogP contribution in [0, 0.1) is 5.41 Å². The van der Waals surface area contributed by atoms with Crippen LogP contribution < -0.4 is 5.32 Å². The molecule has 0 aliphatic heterocycles. The molecule has 0 radical (unpaired) electrons. The van der Waals surface area contributed by atoms with Gasteiger partial charge in [0.1, 0.15) is 0 Å². The standard InChI is InChI=1S/C15H28N2O2/c1-15(2,3)12-17(10-7-11-18)14(19)16-13-8-5-4-6-9-13/h5,8,13,18H,4,6-7,9-12H2,1-3H3,(H,16,19)/t13-/m0/s1. The molecule has 0 saturated heterocycles. The van der Waals surface area contributed by atoms with E-state index in [-0.39, 0.29) is 24.1 Å². The van der Waals surface area contributed by atoms with E-state index in [0.717, 1.165) is 19.3 Å². The summed E-state index contributed by atoms with van der Waals surface area (Å²) in [6.07, 6.45) is 8.12. The average molecular weight is 268 g/mol. The first-order valence-corrected chi connectivity index (χ1v) is 7.25. The van der Waals surface area contributed by atoms with E-state index in [1.54, 1.807) is 0 Å². The van der Waals surface area contributed by atoms with Crippen LogP contribution in [0.5, 0.6) is 0 Å². The van der Waals surface area contributed by atoms with Gasteiger partial charge in [-0.05, 0) is 31.1 Å². The van der Waals surface area contributed by atoms with Gasteiger partial charge in [-0.3, -0.25) is 0 Å². The summed E-state index contributed by atoms with van der Waals surface area (Å²) in [4.78, 5) is 14.1. The number of carbonyl (C=O) groups excluding carboxylic acids is 1. The van der Waals surface area contributed by atoms with Crippen LogP contribution in [0.25, 0.3) is 0 Å². The molecule has 1 atom stereocenters. The molecular weight excluding hydrogens is 240 g/mol. The molecular formula is C15H28N2O2. The number of hydrogen-bond donors (Lipinski definition) is 2. The Kier molecular flexibility index (Phi) is 6.35. The third kappa shape index (κ3) is 6.62. The molecule has 110 valence electrons. The van der Waals surface area contributed by atoms with Gasteiger partial charge in [-0.15, -0.1) is 0 Å². The highest BCUT2D eigenvalue weighted by molar-refractivity contribution is 5.74. The minimum absolute atomic E-state index is 0.0140.